The largest absolute Gasteiger partial charge is 0.356 e. The van der Waals surface area contributed by atoms with Crippen molar-refractivity contribution in [2.45, 2.75) is 38.1 Å². The Morgan fingerprint density at radius 2 is 2.12 bits per heavy atom. The van der Waals surface area contributed by atoms with Gasteiger partial charge in [-0.15, -0.1) is 0 Å². The zero-order valence-corrected chi connectivity index (χ0v) is 11.5. The third kappa shape index (κ3) is 2.97. The van der Waals surface area contributed by atoms with Gasteiger partial charge in [0.2, 0.25) is 5.91 Å². The summed E-state index contributed by atoms with van der Waals surface area (Å²) in [5, 5.41) is 3.07. The number of thioether (sulfide) groups is 1. The van der Waals surface area contributed by atoms with Gasteiger partial charge in [0, 0.05) is 12.6 Å². The van der Waals surface area contributed by atoms with Crippen molar-refractivity contribution >= 4 is 17.7 Å². The molecule has 4 heteroatoms. The van der Waals surface area contributed by atoms with E-state index in [2.05, 4.69) is 11.6 Å². The molecule has 98 valence electrons. The van der Waals surface area contributed by atoms with Crippen molar-refractivity contribution in [2.75, 3.05) is 18.6 Å². The number of hydrogen-bond acceptors (Lipinski definition) is 3. The van der Waals surface area contributed by atoms with Crippen molar-refractivity contribution in [1.29, 1.82) is 0 Å². The number of carbonyl (C=O) groups is 1. The minimum absolute atomic E-state index is 0.106. The molecule has 0 aromatic heterocycles. The van der Waals surface area contributed by atoms with Crippen LogP contribution in [0.1, 0.15) is 32.1 Å². The minimum Gasteiger partial charge on any atom is -0.356 e. The predicted molar refractivity (Wildman–Crippen MR) is 72.9 cm³/mol. The molecule has 17 heavy (non-hydrogen) atoms. The molecule has 0 saturated heterocycles. The van der Waals surface area contributed by atoms with Gasteiger partial charge in [0.25, 0.3) is 0 Å². The van der Waals surface area contributed by atoms with Gasteiger partial charge < -0.3 is 11.1 Å². The van der Waals surface area contributed by atoms with E-state index in [0.29, 0.717) is 11.8 Å². The van der Waals surface area contributed by atoms with Crippen LogP contribution in [0.4, 0.5) is 0 Å². The number of fused-ring (bicyclic) bond motifs is 2. The Bertz CT molecular complexity index is 270. The van der Waals surface area contributed by atoms with Crippen LogP contribution in [-0.2, 0) is 4.79 Å². The van der Waals surface area contributed by atoms with Crippen LogP contribution < -0.4 is 11.1 Å². The molecular formula is C13H24N2OS. The molecule has 4 atom stereocenters. The highest BCUT2D eigenvalue weighted by molar-refractivity contribution is 7.98. The fourth-order valence-corrected chi connectivity index (χ4v) is 3.92. The first-order valence-corrected chi connectivity index (χ1v) is 8.15. The highest BCUT2D eigenvalue weighted by Gasteiger charge is 2.48. The Labute approximate surface area is 108 Å². The molecule has 0 aromatic rings. The maximum atomic E-state index is 12.1. The second-order valence-corrected chi connectivity index (χ2v) is 6.41. The zero-order valence-electron chi connectivity index (χ0n) is 10.7. The van der Waals surface area contributed by atoms with Crippen molar-refractivity contribution in [3.63, 3.8) is 0 Å². The van der Waals surface area contributed by atoms with E-state index in [9.17, 15) is 4.79 Å². The highest BCUT2D eigenvalue weighted by atomic mass is 32.2. The molecule has 0 aromatic carbocycles. The van der Waals surface area contributed by atoms with Gasteiger partial charge >= 0.3 is 0 Å². The molecule has 4 unspecified atom stereocenters. The van der Waals surface area contributed by atoms with Crippen molar-refractivity contribution in [3.8, 4) is 0 Å². The quantitative estimate of drug-likeness (QED) is 0.710. The van der Waals surface area contributed by atoms with Gasteiger partial charge in [0.1, 0.15) is 0 Å². The zero-order chi connectivity index (χ0) is 12.3. The van der Waals surface area contributed by atoms with Crippen LogP contribution in [-0.4, -0.2) is 30.5 Å². The summed E-state index contributed by atoms with van der Waals surface area (Å²) in [6.45, 7) is 0.819. The lowest BCUT2D eigenvalue weighted by atomic mass is 9.84. The third-order valence-electron chi connectivity index (χ3n) is 4.36. The second-order valence-electron chi connectivity index (χ2n) is 5.43. The van der Waals surface area contributed by atoms with Gasteiger partial charge in [0.05, 0.1) is 5.92 Å². The molecule has 0 aliphatic heterocycles. The van der Waals surface area contributed by atoms with Crippen LogP contribution in [0.25, 0.3) is 0 Å². The van der Waals surface area contributed by atoms with E-state index >= 15 is 0 Å². The number of amides is 1. The van der Waals surface area contributed by atoms with Crippen LogP contribution in [0, 0.1) is 17.8 Å². The van der Waals surface area contributed by atoms with Crippen molar-refractivity contribution in [3.05, 3.63) is 0 Å². The lowest BCUT2D eigenvalue weighted by molar-refractivity contribution is -0.127. The van der Waals surface area contributed by atoms with Gasteiger partial charge in [-0.1, -0.05) is 0 Å². The van der Waals surface area contributed by atoms with E-state index in [1.54, 1.807) is 0 Å². The Balaban J connectivity index is 1.69. The fourth-order valence-electron chi connectivity index (χ4n) is 3.43. The monoisotopic (exact) mass is 256 g/mol. The number of unbranched alkanes of at least 4 members (excludes halogenated alkanes) is 1. The van der Waals surface area contributed by atoms with Crippen LogP contribution in [0.3, 0.4) is 0 Å². The van der Waals surface area contributed by atoms with Crippen LogP contribution in [0.2, 0.25) is 0 Å². The molecule has 2 rings (SSSR count). The summed E-state index contributed by atoms with van der Waals surface area (Å²) in [4.78, 5) is 12.1. The summed E-state index contributed by atoms with van der Waals surface area (Å²) in [5.41, 5.74) is 6.15. The molecule has 1 amide bonds. The second kappa shape index (κ2) is 6.10. The molecule has 0 heterocycles. The molecule has 2 saturated carbocycles. The average molecular weight is 256 g/mol. The first kappa shape index (κ1) is 13.2. The summed E-state index contributed by atoms with van der Waals surface area (Å²) in [7, 11) is 0. The molecule has 2 aliphatic carbocycles. The Morgan fingerprint density at radius 3 is 2.76 bits per heavy atom. The molecule has 2 bridgehead atoms. The number of carbonyl (C=O) groups excluding carboxylic acids is 1. The van der Waals surface area contributed by atoms with Gasteiger partial charge in [-0.05, 0) is 55.9 Å². The van der Waals surface area contributed by atoms with E-state index in [-0.39, 0.29) is 17.9 Å². The Hall–Kier alpha value is -0.220. The normalized spacial score (nSPS) is 35.2. The summed E-state index contributed by atoms with van der Waals surface area (Å²) in [6.07, 6.45) is 8.03. The standard InChI is InChI=1S/C13H24N2OS/c1-17-7-3-2-6-15-13(16)11-9-4-5-10(8-9)12(11)14/h9-12H,2-8,14H2,1H3,(H,15,16). The molecular weight excluding hydrogens is 232 g/mol. The average Bonchev–Trinajstić information content (AvgIpc) is 2.89. The third-order valence-corrected chi connectivity index (χ3v) is 5.05. The lowest BCUT2D eigenvalue weighted by Gasteiger charge is -2.27. The summed E-state index contributed by atoms with van der Waals surface area (Å²) < 4.78 is 0. The van der Waals surface area contributed by atoms with Crippen molar-refractivity contribution in [2.24, 2.45) is 23.5 Å². The van der Waals surface area contributed by atoms with E-state index in [4.69, 9.17) is 5.73 Å². The van der Waals surface area contributed by atoms with Crippen LogP contribution in [0.15, 0.2) is 0 Å². The summed E-state index contributed by atoms with van der Waals surface area (Å²) in [6, 6.07) is 0.125. The van der Waals surface area contributed by atoms with Crippen molar-refractivity contribution < 1.29 is 4.79 Å². The Kier molecular flexibility index (Phi) is 4.74. The van der Waals surface area contributed by atoms with Gasteiger partial charge in [-0.25, -0.2) is 0 Å². The van der Waals surface area contributed by atoms with E-state index in [1.807, 2.05) is 11.8 Å². The van der Waals surface area contributed by atoms with E-state index < -0.39 is 0 Å². The van der Waals surface area contributed by atoms with Gasteiger partial charge in [-0.2, -0.15) is 11.8 Å². The first-order chi connectivity index (χ1) is 8.24. The molecule has 0 spiro atoms. The SMILES string of the molecule is CSCCCCNC(=O)C1C2CCC(C2)C1N. The molecule has 2 aliphatic rings. The topological polar surface area (TPSA) is 55.1 Å². The summed E-state index contributed by atoms with van der Waals surface area (Å²) in [5.74, 6) is 2.69. The molecule has 3 nitrogen and oxygen atoms in total. The smallest absolute Gasteiger partial charge is 0.224 e. The molecule has 3 N–H and O–H groups in total. The number of nitrogens with two attached hydrogens (primary N) is 1. The van der Waals surface area contributed by atoms with Crippen LogP contribution in [0.5, 0.6) is 0 Å². The van der Waals surface area contributed by atoms with E-state index in [1.165, 1.54) is 31.4 Å². The number of nitrogens with one attached hydrogen (secondary N) is 1. The van der Waals surface area contributed by atoms with Gasteiger partial charge in [-0.3, -0.25) is 4.79 Å². The van der Waals surface area contributed by atoms with Crippen LogP contribution >= 0.6 is 11.8 Å². The Morgan fingerprint density at radius 1 is 1.35 bits per heavy atom. The predicted octanol–water partition coefficient (Wildman–Crippen LogP) is 1.62. The minimum atomic E-state index is 0.106. The maximum Gasteiger partial charge on any atom is 0.224 e. The maximum absolute atomic E-state index is 12.1. The van der Waals surface area contributed by atoms with E-state index in [0.717, 1.165) is 13.0 Å². The lowest BCUT2D eigenvalue weighted by Crippen LogP contribution is -2.45. The molecule has 0 radical (unpaired) electrons. The number of rotatable bonds is 6. The number of hydrogen-bond donors (Lipinski definition) is 2. The summed E-state index contributed by atoms with van der Waals surface area (Å²) >= 11 is 1.86. The van der Waals surface area contributed by atoms with Gasteiger partial charge in [0.15, 0.2) is 0 Å². The molecule has 2 fully saturated rings. The highest BCUT2D eigenvalue weighted by Crippen LogP contribution is 2.47. The first-order valence-electron chi connectivity index (χ1n) is 6.76. The van der Waals surface area contributed by atoms with Crippen molar-refractivity contribution in [1.82, 2.24) is 5.32 Å². The fraction of sp³-hybridized carbons (Fsp3) is 0.923.